The van der Waals surface area contributed by atoms with Gasteiger partial charge in [-0.2, -0.15) is 0 Å². The summed E-state index contributed by atoms with van der Waals surface area (Å²) >= 11 is 0. The summed E-state index contributed by atoms with van der Waals surface area (Å²) in [5, 5.41) is 1.15. The lowest BCUT2D eigenvalue weighted by atomic mass is 9.88. The molecule has 37 heavy (non-hydrogen) atoms. The monoisotopic (exact) mass is 507 g/mol. The van der Waals surface area contributed by atoms with E-state index < -0.39 is 0 Å². The second kappa shape index (κ2) is 10.9. The lowest BCUT2D eigenvalue weighted by Crippen LogP contribution is -2.51. The highest BCUT2D eigenvalue weighted by atomic mass is 16.5. The molecule has 0 aliphatic carbocycles. The fraction of sp³-hybridized carbons (Fsp3) is 0.483. The van der Waals surface area contributed by atoms with E-state index in [1.165, 1.54) is 11.1 Å². The molecular formula is C29H37N3O5. The zero-order valence-electron chi connectivity index (χ0n) is 22.2. The van der Waals surface area contributed by atoms with Crippen molar-refractivity contribution in [2.24, 2.45) is 0 Å². The molecule has 0 spiro atoms. The number of fused-ring (bicyclic) bond motifs is 2. The molecule has 2 aliphatic heterocycles. The number of benzene rings is 2. The Bertz CT molecular complexity index is 1250. The predicted molar refractivity (Wildman–Crippen MR) is 143 cm³/mol. The molecule has 2 amide bonds. The molecule has 0 radical (unpaired) electrons. The van der Waals surface area contributed by atoms with Gasteiger partial charge in [-0.05, 0) is 80.1 Å². The number of carbonyl (C=O) groups excluding carboxylic acids is 1. The van der Waals surface area contributed by atoms with Crippen LogP contribution in [0, 0.1) is 0 Å². The first-order valence-electron chi connectivity index (χ1n) is 13.1. The average Bonchev–Trinajstić information content (AvgIpc) is 3.33. The van der Waals surface area contributed by atoms with Gasteiger partial charge in [-0.1, -0.05) is 0 Å². The van der Waals surface area contributed by atoms with Crippen molar-refractivity contribution in [3.63, 3.8) is 0 Å². The van der Waals surface area contributed by atoms with Crippen LogP contribution in [-0.2, 0) is 17.6 Å². The normalized spacial score (nSPS) is 17.7. The van der Waals surface area contributed by atoms with E-state index in [4.69, 9.17) is 18.9 Å². The maximum Gasteiger partial charge on any atom is 0.320 e. The number of nitrogens with one attached hydrogen (secondary N) is 1. The van der Waals surface area contributed by atoms with Gasteiger partial charge < -0.3 is 33.7 Å². The number of aryl methyl sites for hydroxylation is 1. The van der Waals surface area contributed by atoms with E-state index in [2.05, 4.69) is 29.4 Å². The summed E-state index contributed by atoms with van der Waals surface area (Å²) in [7, 11) is 3.36. The standard InChI is InChI=1S/C29H37N3O5/c1-19(2)37-28-15-20-9-10-32(29(33)31-11-13-36-14-12-31)26(24(20)17-27(28)35-4)8-5-21-18-30-25-7-6-22(34-3)16-23(21)25/h6-7,15-19,26,30H,5,8-14H2,1-4H3. The van der Waals surface area contributed by atoms with Gasteiger partial charge in [-0.15, -0.1) is 0 Å². The van der Waals surface area contributed by atoms with E-state index in [-0.39, 0.29) is 18.2 Å². The van der Waals surface area contributed by atoms with Crippen LogP contribution in [0.2, 0.25) is 0 Å². The van der Waals surface area contributed by atoms with Crippen LogP contribution in [0.15, 0.2) is 36.5 Å². The molecule has 2 aliphatic rings. The molecular weight excluding hydrogens is 470 g/mol. The molecule has 8 nitrogen and oxygen atoms in total. The molecule has 1 atom stereocenters. The van der Waals surface area contributed by atoms with Crippen molar-refractivity contribution in [2.45, 2.75) is 45.3 Å². The summed E-state index contributed by atoms with van der Waals surface area (Å²) < 4.78 is 22.7. The minimum Gasteiger partial charge on any atom is -0.497 e. The summed E-state index contributed by atoms with van der Waals surface area (Å²) in [4.78, 5) is 21.1. The zero-order chi connectivity index (χ0) is 25.9. The molecule has 1 N–H and O–H groups in total. The number of ether oxygens (including phenoxy) is 4. The Labute approximate surface area is 218 Å². The second-order valence-electron chi connectivity index (χ2n) is 9.97. The van der Waals surface area contributed by atoms with Crippen molar-refractivity contribution < 1.29 is 23.7 Å². The van der Waals surface area contributed by atoms with Gasteiger partial charge in [0.2, 0.25) is 0 Å². The largest absolute Gasteiger partial charge is 0.497 e. The third-order valence-electron chi connectivity index (χ3n) is 7.33. The maximum absolute atomic E-state index is 13.7. The van der Waals surface area contributed by atoms with E-state index in [9.17, 15) is 4.79 Å². The van der Waals surface area contributed by atoms with Crippen LogP contribution < -0.4 is 14.2 Å². The summed E-state index contributed by atoms with van der Waals surface area (Å²) in [6.07, 6.45) is 4.51. The van der Waals surface area contributed by atoms with E-state index >= 15 is 0 Å². The molecule has 0 bridgehead atoms. The molecule has 2 aromatic carbocycles. The Morgan fingerprint density at radius 1 is 1.08 bits per heavy atom. The number of hydrogen-bond donors (Lipinski definition) is 1. The van der Waals surface area contributed by atoms with Gasteiger partial charge in [0.15, 0.2) is 11.5 Å². The van der Waals surface area contributed by atoms with Crippen LogP contribution in [0.25, 0.3) is 10.9 Å². The highest BCUT2D eigenvalue weighted by Gasteiger charge is 2.35. The molecule has 3 aromatic rings. The number of urea groups is 1. The summed E-state index contributed by atoms with van der Waals surface area (Å²) in [6.45, 7) is 7.12. The number of aromatic amines is 1. The van der Waals surface area contributed by atoms with E-state index in [0.29, 0.717) is 38.6 Å². The fourth-order valence-electron chi connectivity index (χ4n) is 5.47. The zero-order valence-corrected chi connectivity index (χ0v) is 22.2. The van der Waals surface area contributed by atoms with Crippen LogP contribution in [0.5, 0.6) is 17.2 Å². The van der Waals surface area contributed by atoms with Crippen LogP contribution in [0.4, 0.5) is 4.79 Å². The number of morpholine rings is 1. The van der Waals surface area contributed by atoms with E-state index in [0.717, 1.165) is 47.2 Å². The Hall–Kier alpha value is -3.39. The van der Waals surface area contributed by atoms with Crippen molar-refractivity contribution in [3.8, 4) is 17.2 Å². The molecule has 0 saturated carbocycles. The second-order valence-corrected chi connectivity index (χ2v) is 9.97. The smallest absolute Gasteiger partial charge is 0.320 e. The lowest BCUT2D eigenvalue weighted by molar-refractivity contribution is 0.0376. The number of H-pyrrole nitrogens is 1. The Kier molecular flexibility index (Phi) is 7.46. The number of carbonyl (C=O) groups is 1. The van der Waals surface area contributed by atoms with Crippen molar-refractivity contribution >= 4 is 16.9 Å². The van der Waals surface area contributed by atoms with Crippen LogP contribution in [0.3, 0.4) is 0 Å². The highest BCUT2D eigenvalue weighted by molar-refractivity contribution is 5.84. The van der Waals surface area contributed by atoms with E-state index in [1.54, 1.807) is 14.2 Å². The quantitative estimate of drug-likeness (QED) is 0.489. The Morgan fingerprint density at radius 3 is 2.62 bits per heavy atom. The number of aromatic nitrogens is 1. The first-order valence-corrected chi connectivity index (χ1v) is 13.1. The van der Waals surface area contributed by atoms with Gasteiger partial charge in [0, 0.05) is 36.7 Å². The molecule has 1 aromatic heterocycles. The van der Waals surface area contributed by atoms with Crippen LogP contribution in [0.1, 0.15) is 43.0 Å². The number of amides is 2. The van der Waals surface area contributed by atoms with Crippen molar-refractivity contribution in [1.82, 2.24) is 14.8 Å². The number of hydrogen-bond acceptors (Lipinski definition) is 5. The Morgan fingerprint density at radius 2 is 1.89 bits per heavy atom. The first kappa shape index (κ1) is 25.3. The third kappa shape index (κ3) is 5.21. The minimum absolute atomic E-state index is 0.0459. The van der Waals surface area contributed by atoms with E-state index in [1.807, 2.05) is 35.8 Å². The molecule has 8 heteroatoms. The van der Waals surface area contributed by atoms with Gasteiger partial charge in [-0.3, -0.25) is 0 Å². The van der Waals surface area contributed by atoms with Gasteiger partial charge in [0.25, 0.3) is 0 Å². The molecule has 1 fully saturated rings. The summed E-state index contributed by atoms with van der Waals surface area (Å²) in [5.74, 6) is 2.30. The first-order chi connectivity index (χ1) is 18.0. The molecule has 5 rings (SSSR count). The Balaban J connectivity index is 1.48. The fourth-order valence-corrected chi connectivity index (χ4v) is 5.47. The number of methoxy groups -OCH3 is 2. The van der Waals surface area contributed by atoms with Crippen LogP contribution in [-0.4, -0.2) is 74.0 Å². The lowest BCUT2D eigenvalue weighted by Gasteiger charge is -2.41. The van der Waals surface area contributed by atoms with Crippen molar-refractivity contribution in [1.29, 1.82) is 0 Å². The minimum atomic E-state index is -0.0725. The molecule has 198 valence electrons. The van der Waals surface area contributed by atoms with Crippen LogP contribution >= 0.6 is 0 Å². The predicted octanol–water partition coefficient (Wildman–Crippen LogP) is 4.96. The molecule has 3 heterocycles. The highest BCUT2D eigenvalue weighted by Crippen LogP contribution is 2.41. The van der Waals surface area contributed by atoms with Crippen molar-refractivity contribution in [3.05, 3.63) is 53.2 Å². The topological polar surface area (TPSA) is 76.3 Å². The SMILES string of the molecule is COc1ccc2[nH]cc(CCC3c4cc(OC)c(OC(C)C)cc4CCN3C(=O)N3CCOCC3)c2c1. The molecule has 1 saturated heterocycles. The average molecular weight is 508 g/mol. The molecule has 1 unspecified atom stereocenters. The van der Waals surface area contributed by atoms with Gasteiger partial charge in [0.05, 0.1) is 39.6 Å². The summed E-state index contributed by atoms with van der Waals surface area (Å²) in [5.41, 5.74) is 4.65. The van der Waals surface area contributed by atoms with Gasteiger partial charge in [0.1, 0.15) is 5.75 Å². The van der Waals surface area contributed by atoms with Gasteiger partial charge >= 0.3 is 6.03 Å². The van der Waals surface area contributed by atoms with Crippen molar-refractivity contribution in [2.75, 3.05) is 47.1 Å². The summed E-state index contributed by atoms with van der Waals surface area (Å²) in [6, 6.07) is 10.3. The number of nitrogens with zero attached hydrogens (tertiary/aromatic N) is 2. The third-order valence-corrected chi connectivity index (χ3v) is 7.33. The van der Waals surface area contributed by atoms with Gasteiger partial charge in [-0.25, -0.2) is 4.79 Å². The number of rotatable bonds is 7. The maximum atomic E-state index is 13.7.